The first-order chi connectivity index (χ1) is 10.1. The first-order valence-corrected chi connectivity index (χ1v) is 6.59. The lowest BCUT2D eigenvalue weighted by molar-refractivity contribution is 0.321. The maximum Gasteiger partial charge on any atom is 0.203 e. The predicted octanol–water partition coefficient (Wildman–Crippen LogP) is 2.46. The molecule has 0 aliphatic carbocycles. The lowest BCUT2D eigenvalue weighted by Crippen LogP contribution is -2.14. The molecule has 1 aromatic heterocycles. The molecule has 21 heavy (non-hydrogen) atoms. The van der Waals surface area contributed by atoms with Crippen molar-refractivity contribution < 1.29 is 14.2 Å². The van der Waals surface area contributed by atoms with Gasteiger partial charge in [0.15, 0.2) is 11.5 Å². The molecular formula is C16H20N2O3. The van der Waals surface area contributed by atoms with E-state index in [0.29, 0.717) is 17.2 Å². The summed E-state index contributed by atoms with van der Waals surface area (Å²) in [5.41, 5.74) is 9.02. The number of benzene rings is 1. The second kappa shape index (κ2) is 6.45. The van der Waals surface area contributed by atoms with E-state index in [2.05, 4.69) is 4.98 Å². The molecular weight excluding hydrogens is 268 g/mol. The molecule has 2 N–H and O–H groups in total. The van der Waals surface area contributed by atoms with Crippen LogP contribution in [0.2, 0.25) is 0 Å². The van der Waals surface area contributed by atoms with Gasteiger partial charge in [-0.05, 0) is 30.7 Å². The van der Waals surface area contributed by atoms with Crippen LogP contribution in [0.15, 0.2) is 30.5 Å². The zero-order valence-electron chi connectivity index (χ0n) is 12.7. The van der Waals surface area contributed by atoms with E-state index in [9.17, 15) is 0 Å². The van der Waals surface area contributed by atoms with Crippen LogP contribution >= 0.6 is 0 Å². The number of hydrogen-bond acceptors (Lipinski definition) is 5. The van der Waals surface area contributed by atoms with Crippen LogP contribution < -0.4 is 19.9 Å². The molecule has 1 atom stereocenters. The van der Waals surface area contributed by atoms with Crippen molar-refractivity contribution in [2.75, 3.05) is 21.3 Å². The van der Waals surface area contributed by atoms with Gasteiger partial charge >= 0.3 is 0 Å². The lowest BCUT2D eigenvalue weighted by Gasteiger charge is -2.19. The van der Waals surface area contributed by atoms with Crippen molar-refractivity contribution in [2.24, 2.45) is 5.73 Å². The number of pyridine rings is 1. The SMILES string of the molecule is COc1ccc(C(N)c2ccc(C)nc2)c(OC)c1OC. The van der Waals surface area contributed by atoms with Crippen LogP contribution in [-0.4, -0.2) is 26.3 Å². The van der Waals surface area contributed by atoms with E-state index in [1.165, 1.54) is 0 Å². The quantitative estimate of drug-likeness (QED) is 0.915. The predicted molar refractivity (Wildman–Crippen MR) is 81.1 cm³/mol. The van der Waals surface area contributed by atoms with Crippen molar-refractivity contribution in [1.29, 1.82) is 0 Å². The van der Waals surface area contributed by atoms with Crippen LogP contribution in [0.5, 0.6) is 17.2 Å². The van der Waals surface area contributed by atoms with E-state index < -0.39 is 0 Å². The van der Waals surface area contributed by atoms with Crippen LogP contribution in [0, 0.1) is 6.92 Å². The standard InChI is InChI=1S/C16H20N2O3/c1-10-5-6-11(9-18-10)14(17)12-7-8-13(19-2)16(21-4)15(12)20-3/h5-9,14H,17H2,1-4H3. The van der Waals surface area contributed by atoms with Crippen LogP contribution in [0.4, 0.5) is 0 Å². The highest BCUT2D eigenvalue weighted by atomic mass is 16.5. The molecule has 5 heteroatoms. The topological polar surface area (TPSA) is 66.6 Å². The van der Waals surface area contributed by atoms with E-state index in [-0.39, 0.29) is 6.04 Å². The van der Waals surface area contributed by atoms with Gasteiger partial charge in [-0.1, -0.05) is 6.07 Å². The van der Waals surface area contributed by atoms with Crippen molar-refractivity contribution in [3.63, 3.8) is 0 Å². The molecule has 0 saturated heterocycles. The monoisotopic (exact) mass is 288 g/mol. The maximum absolute atomic E-state index is 6.34. The van der Waals surface area contributed by atoms with Gasteiger partial charge in [0.25, 0.3) is 0 Å². The van der Waals surface area contributed by atoms with Gasteiger partial charge in [0.2, 0.25) is 5.75 Å². The summed E-state index contributed by atoms with van der Waals surface area (Å²) in [6.07, 6.45) is 1.77. The van der Waals surface area contributed by atoms with Gasteiger partial charge in [-0.25, -0.2) is 0 Å². The third-order valence-corrected chi connectivity index (χ3v) is 3.36. The fourth-order valence-electron chi connectivity index (χ4n) is 2.21. The highest BCUT2D eigenvalue weighted by Gasteiger charge is 2.21. The molecule has 0 radical (unpaired) electrons. The van der Waals surface area contributed by atoms with E-state index in [1.807, 2.05) is 31.2 Å². The van der Waals surface area contributed by atoms with Crippen LogP contribution in [-0.2, 0) is 0 Å². The first-order valence-electron chi connectivity index (χ1n) is 6.59. The van der Waals surface area contributed by atoms with Crippen molar-refractivity contribution in [3.8, 4) is 17.2 Å². The molecule has 0 saturated carbocycles. The van der Waals surface area contributed by atoms with E-state index >= 15 is 0 Å². The normalized spacial score (nSPS) is 11.9. The first kappa shape index (κ1) is 15.1. The van der Waals surface area contributed by atoms with Crippen LogP contribution in [0.1, 0.15) is 22.9 Å². The Morgan fingerprint density at radius 2 is 1.67 bits per heavy atom. The van der Waals surface area contributed by atoms with Gasteiger partial charge in [0.1, 0.15) is 0 Å². The Bertz CT molecular complexity index is 612. The Morgan fingerprint density at radius 3 is 2.19 bits per heavy atom. The summed E-state index contributed by atoms with van der Waals surface area (Å²) in [6.45, 7) is 1.94. The molecule has 5 nitrogen and oxygen atoms in total. The number of ether oxygens (including phenoxy) is 3. The zero-order chi connectivity index (χ0) is 15.4. The second-order valence-electron chi connectivity index (χ2n) is 4.63. The van der Waals surface area contributed by atoms with Crippen molar-refractivity contribution in [2.45, 2.75) is 13.0 Å². The number of nitrogens with zero attached hydrogens (tertiary/aromatic N) is 1. The van der Waals surface area contributed by atoms with E-state index in [0.717, 1.165) is 16.8 Å². The zero-order valence-corrected chi connectivity index (χ0v) is 12.7. The smallest absolute Gasteiger partial charge is 0.203 e. The molecule has 0 aliphatic rings. The molecule has 1 aromatic carbocycles. The van der Waals surface area contributed by atoms with Gasteiger partial charge in [-0.3, -0.25) is 4.98 Å². The summed E-state index contributed by atoms with van der Waals surface area (Å²) in [6, 6.07) is 7.24. The van der Waals surface area contributed by atoms with Crippen LogP contribution in [0.3, 0.4) is 0 Å². The summed E-state index contributed by atoms with van der Waals surface area (Å²) in [4.78, 5) is 4.28. The minimum Gasteiger partial charge on any atom is -0.493 e. The summed E-state index contributed by atoms with van der Waals surface area (Å²) in [7, 11) is 4.74. The van der Waals surface area contributed by atoms with Crippen LogP contribution in [0.25, 0.3) is 0 Å². The fraction of sp³-hybridized carbons (Fsp3) is 0.312. The Morgan fingerprint density at radius 1 is 0.952 bits per heavy atom. The Kier molecular flexibility index (Phi) is 4.65. The van der Waals surface area contributed by atoms with Crippen molar-refractivity contribution >= 4 is 0 Å². The van der Waals surface area contributed by atoms with Gasteiger partial charge in [-0.2, -0.15) is 0 Å². The van der Waals surface area contributed by atoms with Gasteiger partial charge < -0.3 is 19.9 Å². The fourth-order valence-corrected chi connectivity index (χ4v) is 2.21. The summed E-state index contributed by atoms with van der Waals surface area (Å²) in [5, 5.41) is 0. The van der Waals surface area contributed by atoms with Crippen molar-refractivity contribution in [3.05, 3.63) is 47.3 Å². The second-order valence-corrected chi connectivity index (χ2v) is 4.63. The number of nitrogens with two attached hydrogens (primary N) is 1. The number of aryl methyl sites for hydroxylation is 1. The largest absolute Gasteiger partial charge is 0.493 e. The van der Waals surface area contributed by atoms with Gasteiger partial charge in [0, 0.05) is 17.5 Å². The molecule has 112 valence electrons. The summed E-state index contributed by atoms with van der Waals surface area (Å²) >= 11 is 0. The highest BCUT2D eigenvalue weighted by Crippen LogP contribution is 2.42. The Balaban J connectivity index is 2.50. The van der Waals surface area contributed by atoms with Crippen molar-refractivity contribution in [1.82, 2.24) is 4.98 Å². The summed E-state index contributed by atoms with van der Waals surface area (Å²) in [5.74, 6) is 1.71. The number of hydrogen-bond donors (Lipinski definition) is 1. The van der Waals surface area contributed by atoms with Gasteiger partial charge in [-0.15, -0.1) is 0 Å². The number of rotatable bonds is 5. The van der Waals surface area contributed by atoms with Gasteiger partial charge in [0.05, 0.1) is 27.4 Å². The lowest BCUT2D eigenvalue weighted by atomic mass is 9.99. The minimum atomic E-state index is -0.354. The van der Waals surface area contributed by atoms with E-state index in [4.69, 9.17) is 19.9 Å². The summed E-state index contributed by atoms with van der Waals surface area (Å²) < 4.78 is 16.1. The van der Waals surface area contributed by atoms with E-state index in [1.54, 1.807) is 27.5 Å². The number of aromatic nitrogens is 1. The molecule has 2 rings (SSSR count). The third kappa shape index (κ3) is 2.92. The number of methoxy groups -OCH3 is 3. The molecule has 1 unspecified atom stereocenters. The molecule has 2 aromatic rings. The molecule has 0 aliphatic heterocycles. The highest BCUT2D eigenvalue weighted by molar-refractivity contribution is 5.57. The molecule has 0 bridgehead atoms. The minimum absolute atomic E-state index is 0.354. The average molecular weight is 288 g/mol. The maximum atomic E-state index is 6.34. The molecule has 1 heterocycles. The average Bonchev–Trinajstić information content (AvgIpc) is 2.53. The molecule has 0 amide bonds. The Hall–Kier alpha value is -2.27. The molecule has 0 fully saturated rings. The molecule has 0 spiro atoms. The third-order valence-electron chi connectivity index (χ3n) is 3.36. The Labute approximate surface area is 124 Å².